The molecule has 2 nitrogen and oxygen atoms in total. The molecule has 0 aromatic rings. The summed E-state index contributed by atoms with van der Waals surface area (Å²) >= 11 is 0. The molecule has 0 atom stereocenters. The van der Waals surface area contributed by atoms with Crippen molar-refractivity contribution in [2.45, 2.75) is 52.4 Å². The molecular weight excluding hydrogens is 200 g/mol. The van der Waals surface area contributed by atoms with E-state index >= 15 is 0 Å². The van der Waals surface area contributed by atoms with Gasteiger partial charge < -0.3 is 4.74 Å². The van der Waals surface area contributed by atoms with Crippen LogP contribution < -0.4 is 0 Å². The first kappa shape index (κ1) is 14.9. The Bertz CT molecular complexity index is 217. The van der Waals surface area contributed by atoms with Crippen LogP contribution in [0.1, 0.15) is 52.4 Å². The van der Waals surface area contributed by atoms with Gasteiger partial charge in [0.2, 0.25) is 0 Å². The summed E-state index contributed by atoms with van der Waals surface area (Å²) in [5.41, 5.74) is 0. The van der Waals surface area contributed by atoms with Crippen LogP contribution in [0.4, 0.5) is 0 Å². The highest BCUT2D eigenvalue weighted by atomic mass is 16.5. The second kappa shape index (κ2) is 12.0. The van der Waals surface area contributed by atoms with Gasteiger partial charge in [-0.25, -0.2) is 4.79 Å². The Morgan fingerprint density at radius 2 is 1.81 bits per heavy atom. The smallest absolute Gasteiger partial charge is 0.330 e. The van der Waals surface area contributed by atoms with Crippen molar-refractivity contribution < 1.29 is 9.53 Å². The molecule has 0 amide bonds. The zero-order valence-corrected chi connectivity index (χ0v) is 10.6. The molecule has 0 N–H and O–H groups in total. The lowest BCUT2D eigenvalue weighted by Crippen LogP contribution is -1.99. The van der Waals surface area contributed by atoms with Gasteiger partial charge in [-0.1, -0.05) is 51.3 Å². The van der Waals surface area contributed by atoms with Crippen molar-refractivity contribution in [3.8, 4) is 0 Å². The molecule has 0 saturated carbocycles. The molecule has 0 aromatic carbocycles. The minimum atomic E-state index is -0.238. The van der Waals surface area contributed by atoms with Crippen molar-refractivity contribution in [3.05, 3.63) is 24.3 Å². The predicted octanol–water partition coefficient (Wildman–Crippen LogP) is 4.02. The van der Waals surface area contributed by atoms with Gasteiger partial charge in [0.05, 0.1) is 0 Å². The zero-order valence-electron chi connectivity index (χ0n) is 10.6. The number of hydrogen-bond donors (Lipinski definition) is 0. The van der Waals surface area contributed by atoms with E-state index in [-0.39, 0.29) is 5.97 Å². The van der Waals surface area contributed by atoms with Gasteiger partial charge in [0, 0.05) is 6.08 Å². The average Bonchev–Trinajstić information content (AvgIpc) is 2.28. The molecule has 0 heterocycles. The summed E-state index contributed by atoms with van der Waals surface area (Å²) in [7, 11) is 0. The van der Waals surface area contributed by atoms with Crippen molar-refractivity contribution in [1.82, 2.24) is 0 Å². The van der Waals surface area contributed by atoms with Crippen LogP contribution in [0.15, 0.2) is 24.3 Å². The van der Waals surface area contributed by atoms with Crippen molar-refractivity contribution in [2.24, 2.45) is 0 Å². The number of carbonyl (C=O) groups is 1. The van der Waals surface area contributed by atoms with Gasteiger partial charge in [-0.3, -0.25) is 0 Å². The predicted molar refractivity (Wildman–Crippen MR) is 68.3 cm³/mol. The van der Waals surface area contributed by atoms with Crippen LogP contribution >= 0.6 is 0 Å². The molecule has 0 spiro atoms. The number of esters is 1. The molecule has 0 unspecified atom stereocenters. The second-order valence-electron chi connectivity index (χ2n) is 3.79. The van der Waals surface area contributed by atoms with Crippen molar-refractivity contribution in [1.29, 1.82) is 0 Å². The third kappa shape index (κ3) is 11.0. The van der Waals surface area contributed by atoms with Gasteiger partial charge in [-0.15, -0.1) is 0 Å². The first-order valence-electron chi connectivity index (χ1n) is 6.29. The molecule has 0 bridgehead atoms. The molecule has 0 rings (SSSR count). The zero-order chi connectivity index (χ0) is 12.1. The second-order valence-corrected chi connectivity index (χ2v) is 3.79. The Morgan fingerprint density at radius 1 is 1.00 bits per heavy atom. The molecule has 0 fully saturated rings. The molecular formula is C14H24O2. The molecule has 0 radical (unpaired) electrons. The number of hydrogen-bond acceptors (Lipinski definition) is 2. The fraction of sp³-hybridized carbons (Fsp3) is 0.643. The average molecular weight is 224 g/mol. The van der Waals surface area contributed by atoms with Crippen molar-refractivity contribution >= 4 is 5.97 Å². The van der Waals surface area contributed by atoms with Crippen LogP contribution in [-0.4, -0.2) is 12.6 Å². The molecule has 0 aliphatic rings. The summed E-state index contributed by atoms with van der Waals surface area (Å²) in [5.74, 6) is -0.238. The molecule has 0 aliphatic carbocycles. The molecule has 0 saturated heterocycles. The first-order valence-corrected chi connectivity index (χ1v) is 6.29. The Kier molecular flexibility index (Phi) is 11.2. The van der Waals surface area contributed by atoms with Crippen LogP contribution in [0.2, 0.25) is 0 Å². The third-order valence-corrected chi connectivity index (χ3v) is 2.17. The fourth-order valence-corrected chi connectivity index (χ4v) is 1.22. The molecule has 92 valence electrons. The van der Waals surface area contributed by atoms with Crippen LogP contribution in [-0.2, 0) is 9.53 Å². The lowest BCUT2D eigenvalue weighted by Gasteiger charge is -1.96. The number of ether oxygens (including phenoxy) is 1. The highest BCUT2D eigenvalue weighted by Crippen LogP contribution is 1.99. The first-order chi connectivity index (χ1) is 7.81. The van der Waals surface area contributed by atoms with E-state index in [9.17, 15) is 4.79 Å². The largest absolute Gasteiger partial charge is 0.458 e. The number of allylic oxidation sites excluding steroid dienone is 2. The summed E-state index contributed by atoms with van der Waals surface area (Å²) in [4.78, 5) is 11.2. The quantitative estimate of drug-likeness (QED) is 0.256. The van der Waals surface area contributed by atoms with E-state index in [2.05, 4.69) is 13.8 Å². The third-order valence-electron chi connectivity index (χ3n) is 2.17. The topological polar surface area (TPSA) is 26.3 Å². The van der Waals surface area contributed by atoms with Crippen LogP contribution in [0, 0.1) is 0 Å². The van der Waals surface area contributed by atoms with Gasteiger partial charge >= 0.3 is 5.97 Å². The Labute approximate surface area is 99.4 Å². The number of unbranched alkanes of at least 4 members (excludes halogenated alkanes) is 4. The van der Waals surface area contributed by atoms with Crippen LogP contribution in [0.5, 0.6) is 0 Å². The van der Waals surface area contributed by atoms with Crippen molar-refractivity contribution in [2.75, 3.05) is 6.61 Å². The summed E-state index contributed by atoms with van der Waals surface area (Å²) in [6, 6.07) is 0. The van der Waals surface area contributed by atoms with Gasteiger partial charge in [-0.05, 0) is 19.3 Å². The van der Waals surface area contributed by atoms with E-state index < -0.39 is 0 Å². The summed E-state index contributed by atoms with van der Waals surface area (Å²) in [6.45, 7) is 4.67. The Morgan fingerprint density at radius 3 is 2.50 bits per heavy atom. The van der Waals surface area contributed by atoms with E-state index in [0.717, 1.165) is 25.7 Å². The van der Waals surface area contributed by atoms with E-state index in [1.165, 1.54) is 18.9 Å². The van der Waals surface area contributed by atoms with Gasteiger partial charge in [0.15, 0.2) is 0 Å². The maximum atomic E-state index is 11.2. The maximum absolute atomic E-state index is 11.2. The molecule has 2 heteroatoms. The minimum Gasteiger partial charge on any atom is -0.458 e. The molecule has 0 aromatic heterocycles. The SMILES string of the molecule is CCC/C=C/COC(=O)/C=C/CCCCC. The number of carbonyl (C=O) groups excluding carboxylic acids is 1. The lowest BCUT2D eigenvalue weighted by molar-refractivity contribution is -0.136. The normalized spacial score (nSPS) is 11.4. The molecule has 0 aliphatic heterocycles. The summed E-state index contributed by atoms with van der Waals surface area (Å²) < 4.78 is 4.98. The van der Waals surface area contributed by atoms with E-state index in [1.807, 2.05) is 18.2 Å². The maximum Gasteiger partial charge on any atom is 0.330 e. The monoisotopic (exact) mass is 224 g/mol. The summed E-state index contributed by atoms with van der Waals surface area (Å²) in [6.07, 6.45) is 14.1. The fourth-order valence-electron chi connectivity index (χ4n) is 1.22. The number of rotatable bonds is 9. The Hall–Kier alpha value is -1.05. The highest BCUT2D eigenvalue weighted by Gasteiger charge is 1.92. The van der Waals surface area contributed by atoms with Gasteiger partial charge in [0.25, 0.3) is 0 Å². The minimum absolute atomic E-state index is 0.238. The van der Waals surface area contributed by atoms with Crippen molar-refractivity contribution in [3.63, 3.8) is 0 Å². The van der Waals surface area contributed by atoms with Crippen LogP contribution in [0.3, 0.4) is 0 Å². The van der Waals surface area contributed by atoms with E-state index in [1.54, 1.807) is 0 Å². The highest BCUT2D eigenvalue weighted by molar-refractivity contribution is 5.81. The summed E-state index contributed by atoms with van der Waals surface area (Å²) in [5, 5.41) is 0. The van der Waals surface area contributed by atoms with E-state index in [0.29, 0.717) is 6.61 Å². The van der Waals surface area contributed by atoms with E-state index in [4.69, 9.17) is 4.74 Å². The van der Waals surface area contributed by atoms with Gasteiger partial charge in [0.1, 0.15) is 6.61 Å². The van der Waals surface area contributed by atoms with Gasteiger partial charge in [-0.2, -0.15) is 0 Å². The lowest BCUT2D eigenvalue weighted by atomic mass is 10.2. The standard InChI is InChI=1S/C14H24O2/c1-3-5-7-9-10-12-14(15)16-13-11-8-6-4-2/h8,10-12H,3-7,9,13H2,1-2H3/b11-8+,12-10+. The Balaban J connectivity index is 3.43. The molecule has 16 heavy (non-hydrogen) atoms. The van der Waals surface area contributed by atoms with Crippen LogP contribution in [0.25, 0.3) is 0 Å².